The predicted molar refractivity (Wildman–Crippen MR) is 76.9 cm³/mol. The second-order valence-electron chi connectivity index (χ2n) is 4.27. The molecule has 0 aliphatic heterocycles. The molecule has 4 heteroatoms. The number of hydrogen-bond acceptors (Lipinski definition) is 4. The normalized spacial score (nSPS) is 11.1. The fraction of sp³-hybridized carbons (Fsp3) is 0.133. The molecular formula is C15H14O3S. The number of rotatable bonds is 3. The Hall–Kier alpha value is -2.07. The molecule has 0 aliphatic rings. The first-order valence-corrected chi connectivity index (χ1v) is 6.60. The summed E-state index contributed by atoms with van der Waals surface area (Å²) in [6, 6.07) is 5.95. The number of aromatic hydroxyl groups is 2. The number of ketones is 1. The molecule has 0 aliphatic carbocycles. The van der Waals surface area contributed by atoms with E-state index in [4.69, 9.17) is 0 Å². The molecule has 0 unspecified atom stereocenters. The molecule has 0 saturated heterocycles. The van der Waals surface area contributed by atoms with E-state index in [1.54, 1.807) is 17.4 Å². The van der Waals surface area contributed by atoms with E-state index in [1.165, 1.54) is 23.1 Å². The van der Waals surface area contributed by atoms with Gasteiger partial charge in [-0.15, -0.1) is 11.3 Å². The Balaban J connectivity index is 2.23. The number of benzene rings is 1. The Bertz CT molecular complexity index is 653. The van der Waals surface area contributed by atoms with Crippen molar-refractivity contribution >= 4 is 23.2 Å². The Kier molecular flexibility index (Phi) is 3.71. The van der Waals surface area contributed by atoms with Crippen molar-refractivity contribution in [1.82, 2.24) is 0 Å². The SMILES string of the molecule is Cc1cc(/C=C/C(=O)c2ccc(O)cc2O)c(C)s1. The van der Waals surface area contributed by atoms with Crippen molar-refractivity contribution in [2.24, 2.45) is 0 Å². The van der Waals surface area contributed by atoms with Gasteiger partial charge in [0.1, 0.15) is 11.5 Å². The lowest BCUT2D eigenvalue weighted by molar-refractivity contribution is 0.104. The molecule has 98 valence electrons. The lowest BCUT2D eigenvalue weighted by Crippen LogP contribution is -1.94. The van der Waals surface area contributed by atoms with Gasteiger partial charge in [0.05, 0.1) is 5.56 Å². The lowest BCUT2D eigenvalue weighted by atomic mass is 10.1. The van der Waals surface area contributed by atoms with Gasteiger partial charge in [-0.2, -0.15) is 0 Å². The fourth-order valence-electron chi connectivity index (χ4n) is 1.80. The zero-order valence-electron chi connectivity index (χ0n) is 10.7. The average Bonchev–Trinajstić information content (AvgIpc) is 2.65. The van der Waals surface area contributed by atoms with E-state index in [0.29, 0.717) is 0 Å². The van der Waals surface area contributed by atoms with E-state index in [9.17, 15) is 15.0 Å². The molecular weight excluding hydrogens is 260 g/mol. The predicted octanol–water partition coefficient (Wildman–Crippen LogP) is 3.67. The minimum absolute atomic E-state index is 0.0673. The highest BCUT2D eigenvalue weighted by atomic mass is 32.1. The zero-order chi connectivity index (χ0) is 14.0. The van der Waals surface area contributed by atoms with Crippen LogP contribution in [0.1, 0.15) is 25.7 Å². The van der Waals surface area contributed by atoms with Crippen molar-refractivity contribution in [3.63, 3.8) is 0 Å². The minimum Gasteiger partial charge on any atom is -0.508 e. The van der Waals surface area contributed by atoms with E-state index in [0.717, 1.165) is 16.5 Å². The van der Waals surface area contributed by atoms with Crippen LogP contribution in [0.25, 0.3) is 6.08 Å². The molecule has 0 radical (unpaired) electrons. The van der Waals surface area contributed by atoms with Crippen LogP contribution in [0.4, 0.5) is 0 Å². The maximum absolute atomic E-state index is 11.9. The van der Waals surface area contributed by atoms with Crippen LogP contribution in [-0.2, 0) is 0 Å². The van der Waals surface area contributed by atoms with E-state index in [2.05, 4.69) is 0 Å². The number of phenolic OH excluding ortho intramolecular Hbond substituents is 2. The molecule has 2 N–H and O–H groups in total. The first kappa shape index (κ1) is 13.4. The number of aryl methyl sites for hydroxylation is 2. The number of phenols is 2. The molecule has 1 heterocycles. The van der Waals surface area contributed by atoms with Gasteiger partial charge in [-0.3, -0.25) is 4.79 Å². The van der Waals surface area contributed by atoms with Gasteiger partial charge in [0.2, 0.25) is 0 Å². The first-order chi connectivity index (χ1) is 8.97. The summed E-state index contributed by atoms with van der Waals surface area (Å²) in [4.78, 5) is 14.3. The van der Waals surface area contributed by atoms with Crippen LogP contribution < -0.4 is 0 Å². The number of carbonyl (C=O) groups is 1. The summed E-state index contributed by atoms with van der Waals surface area (Å²) in [5.74, 6) is -0.573. The van der Waals surface area contributed by atoms with Gasteiger partial charge in [0, 0.05) is 15.8 Å². The molecule has 0 bridgehead atoms. The van der Waals surface area contributed by atoms with Gasteiger partial charge < -0.3 is 10.2 Å². The Morgan fingerprint density at radius 1 is 1.21 bits per heavy atom. The van der Waals surface area contributed by atoms with Gasteiger partial charge in [0.25, 0.3) is 0 Å². The van der Waals surface area contributed by atoms with Crippen molar-refractivity contribution in [3.8, 4) is 11.5 Å². The molecule has 0 atom stereocenters. The van der Waals surface area contributed by atoms with Crippen LogP contribution >= 0.6 is 11.3 Å². The van der Waals surface area contributed by atoms with Crippen LogP contribution in [0.3, 0.4) is 0 Å². The molecule has 1 aromatic carbocycles. The summed E-state index contributed by atoms with van der Waals surface area (Å²) >= 11 is 1.68. The van der Waals surface area contributed by atoms with Crippen LogP contribution in [0.2, 0.25) is 0 Å². The van der Waals surface area contributed by atoms with Crippen molar-refractivity contribution in [1.29, 1.82) is 0 Å². The smallest absolute Gasteiger partial charge is 0.189 e. The third-order valence-corrected chi connectivity index (χ3v) is 3.72. The quantitative estimate of drug-likeness (QED) is 0.663. The van der Waals surface area contributed by atoms with E-state index < -0.39 is 0 Å². The van der Waals surface area contributed by atoms with Crippen molar-refractivity contribution in [2.75, 3.05) is 0 Å². The lowest BCUT2D eigenvalue weighted by Gasteiger charge is -2.00. The highest BCUT2D eigenvalue weighted by Gasteiger charge is 2.09. The number of thiophene rings is 1. The summed E-state index contributed by atoms with van der Waals surface area (Å²) in [5.41, 5.74) is 1.19. The van der Waals surface area contributed by atoms with Crippen LogP contribution in [0.5, 0.6) is 11.5 Å². The van der Waals surface area contributed by atoms with Gasteiger partial charge in [-0.25, -0.2) is 0 Å². The fourth-order valence-corrected chi connectivity index (χ4v) is 2.71. The third kappa shape index (κ3) is 3.03. The van der Waals surface area contributed by atoms with Gasteiger partial charge in [0.15, 0.2) is 5.78 Å². The summed E-state index contributed by atoms with van der Waals surface area (Å²) in [6.45, 7) is 4.02. The highest BCUT2D eigenvalue weighted by molar-refractivity contribution is 7.12. The molecule has 1 aromatic heterocycles. The number of hydrogen-bond donors (Lipinski definition) is 2. The largest absolute Gasteiger partial charge is 0.508 e. The van der Waals surface area contributed by atoms with Crippen molar-refractivity contribution in [3.05, 3.63) is 51.2 Å². The van der Waals surface area contributed by atoms with E-state index >= 15 is 0 Å². The Morgan fingerprint density at radius 2 is 1.95 bits per heavy atom. The molecule has 0 amide bonds. The number of carbonyl (C=O) groups excluding carboxylic acids is 1. The molecule has 2 aromatic rings. The first-order valence-electron chi connectivity index (χ1n) is 5.79. The zero-order valence-corrected chi connectivity index (χ0v) is 11.5. The monoisotopic (exact) mass is 274 g/mol. The van der Waals surface area contributed by atoms with Crippen molar-refractivity contribution in [2.45, 2.75) is 13.8 Å². The topological polar surface area (TPSA) is 57.5 Å². The van der Waals surface area contributed by atoms with Gasteiger partial charge in [-0.1, -0.05) is 0 Å². The summed E-state index contributed by atoms with van der Waals surface area (Å²) in [5, 5.41) is 18.8. The second kappa shape index (κ2) is 5.28. The Morgan fingerprint density at radius 3 is 2.53 bits per heavy atom. The average molecular weight is 274 g/mol. The molecule has 0 fully saturated rings. The van der Waals surface area contributed by atoms with Gasteiger partial charge in [-0.05, 0) is 49.8 Å². The molecule has 3 nitrogen and oxygen atoms in total. The standard InChI is InChI=1S/C15H14O3S/c1-9-7-11(10(2)19-9)3-6-14(17)13-5-4-12(16)8-15(13)18/h3-8,16,18H,1-2H3/b6-3+. The molecule has 0 spiro atoms. The summed E-state index contributed by atoms with van der Waals surface area (Å²) in [7, 11) is 0. The third-order valence-electron chi connectivity index (χ3n) is 2.74. The van der Waals surface area contributed by atoms with Gasteiger partial charge >= 0.3 is 0 Å². The van der Waals surface area contributed by atoms with Crippen molar-refractivity contribution < 1.29 is 15.0 Å². The molecule has 19 heavy (non-hydrogen) atoms. The summed E-state index contributed by atoms with van der Waals surface area (Å²) < 4.78 is 0. The highest BCUT2D eigenvalue weighted by Crippen LogP contribution is 2.25. The maximum atomic E-state index is 11.9. The van der Waals surface area contributed by atoms with E-state index in [1.807, 2.05) is 19.9 Å². The van der Waals surface area contributed by atoms with Crippen LogP contribution in [-0.4, -0.2) is 16.0 Å². The molecule has 2 rings (SSSR count). The number of allylic oxidation sites excluding steroid dienone is 1. The van der Waals surface area contributed by atoms with E-state index in [-0.39, 0.29) is 22.8 Å². The maximum Gasteiger partial charge on any atom is 0.189 e. The second-order valence-corrected chi connectivity index (χ2v) is 5.73. The van der Waals surface area contributed by atoms with Crippen LogP contribution in [0, 0.1) is 13.8 Å². The summed E-state index contributed by atoms with van der Waals surface area (Å²) in [6.07, 6.45) is 3.17. The Labute approximate surface area is 115 Å². The molecule has 0 saturated carbocycles. The van der Waals surface area contributed by atoms with Crippen LogP contribution in [0.15, 0.2) is 30.3 Å². The minimum atomic E-state index is -0.291.